The van der Waals surface area contributed by atoms with Crippen molar-refractivity contribution in [1.29, 1.82) is 0 Å². The van der Waals surface area contributed by atoms with Gasteiger partial charge in [0.05, 0.1) is 30.8 Å². The molecule has 3 heterocycles. The summed E-state index contributed by atoms with van der Waals surface area (Å²) in [5, 5.41) is 0. The number of para-hydroxylation sites is 2. The van der Waals surface area contributed by atoms with Crippen LogP contribution < -0.4 is 9.64 Å². The summed E-state index contributed by atoms with van der Waals surface area (Å²) in [7, 11) is 1.67. The first-order valence-corrected chi connectivity index (χ1v) is 11.9. The molecule has 2 fully saturated rings. The molecule has 9 heteroatoms. The minimum Gasteiger partial charge on any atom is -0.495 e. The van der Waals surface area contributed by atoms with E-state index in [9.17, 15) is 9.59 Å². The number of carbonyl (C=O) groups is 2. The molecule has 2 saturated heterocycles. The van der Waals surface area contributed by atoms with Crippen LogP contribution in [0.5, 0.6) is 5.75 Å². The normalized spacial score (nSPS) is 18.1. The van der Waals surface area contributed by atoms with Crippen LogP contribution in [0.3, 0.4) is 0 Å². The van der Waals surface area contributed by atoms with E-state index in [2.05, 4.69) is 14.9 Å². The summed E-state index contributed by atoms with van der Waals surface area (Å²) >= 11 is 0. The summed E-state index contributed by atoms with van der Waals surface area (Å²) < 4.78 is 11.2. The number of hydrogen-bond donors (Lipinski definition) is 0. The van der Waals surface area contributed by atoms with Crippen molar-refractivity contribution in [2.45, 2.75) is 32.3 Å². The lowest BCUT2D eigenvalue weighted by atomic mass is 10.2. The highest BCUT2D eigenvalue weighted by molar-refractivity contribution is 5.92. The Hall–Kier alpha value is -3.20. The SMILES string of the molecule is COc1ccccc1N1CCN(C(=O)CCN(CC2CCCO2)C(=O)c2cnc(C)cn2)CC1. The Labute approximate surface area is 200 Å². The second-order valence-corrected chi connectivity index (χ2v) is 8.72. The number of carbonyl (C=O) groups excluding carboxylic acids is 2. The fourth-order valence-corrected chi connectivity index (χ4v) is 4.45. The fourth-order valence-electron chi connectivity index (χ4n) is 4.45. The lowest BCUT2D eigenvalue weighted by Crippen LogP contribution is -2.49. The Kier molecular flexibility index (Phi) is 7.95. The topological polar surface area (TPSA) is 88.1 Å². The van der Waals surface area contributed by atoms with Gasteiger partial charge in [0.1, 0.15) is 11.4 Å². The summed E-state index contributed by atoms with van der Waals surface area (Å²) in [5.74, 6) is 0.682. The smallest absolute Gasteiger partial charge is 0.274 e. The molecule has 34 heavy (non-hydrogen) atoms. The average molecular weight is 468 g/mol. The zero-order valence-electron chi connectivity index (χ0n) is 20.0. The molecule has 0 N–H and O–H groups in total. The van der Waals surface area contributed by atoms with Crippen LogP contribution in [0, 0.1) is 6.92 Å². The first kappa shape index (κ1) is 23.9. The van der Waals surface area contributed by atoms with Gasteiger partial charge >= 0.3 is 0 Å². The Morgan fingerprint density at radius 2 is 1.94 bits per heavy atom. The molecule has 182 valence electrons. The summed E-state index contributed by atoms with van der Waals surface area (Å²) in [6.45, 7) is 6.10. The lowest BCUT2D eigenvalue weighted by molar-refractivity contribution is -0.131. The molecule has 1 aromatic carbocycles. The summed E-state index contributed by atoms with van der Waals surface area (Å²) in [6, 6.07) is 7.94. The quantitative estimate of drug-likeness (QED) is 0.588. The van der Waals surface area contributed by atoms with Crippen LogP contribution in [-0.2, 0) is 9.53 Å². The molecule has 0 spiro atoms. The third kappa shape index (κ3) is 5.83. The Morgan fingerprint density at radius 1 is 1.15 bits per heavy atom. The third-order valence-electron chi connectivity index (χ3n) is 6.39. The highest BCUT2D eigenvalue weighted by Crippen LogP contribution is 2.28. The number of methoxy groups -OCH3 is 1. The molecule has 2 aromatic rings. The van der Waals surface area contributed by atoms with Gasteiger partial charge in [-0.15, -0.1) is 0 Å². The van der Waals surface area contributed by atoms with E-state index in [4.69, 9.17) is 9.47 Å². The number of anilines is 1. The molecule has 0 bridgehead atoms. The van der Waals surface area contributed by atoms with Crippen molar-refractivity contribution in [3.05, 3.63) is 48.0 Å². The minimum atomic E-state index is -0.211. The maximum atomic E-state index is 13.1. The van der Waals surface area contributed by atoms with Crippen molar-refractivity contribution in [2.75, 3.05) is 57.9 Å². The summed E-state index contributed by atoms with van der Waals surface area (Å²) in [5.41, 5.74) is 2.09. The number of aromatic nitrogens is 2. The van der Waals surface area contributed by atoms with Gasteiger partial charge in [0, 0.05) is 58.5 Å². The second kappa shape index (κ2) is 11.3. The Bertz CT molecular complexity index is 970. The number of aryl methyl sites for hydroxylation is 1. The Morgan fingerprint density at radius 3 is 2.62 bits per heavy atom. The molecule has 1 aromatic heterocycles. The van der Waals surface area contributed by atoms with E-state index < -0.39 is 0 Å². The van der Waals surface area contributed by atoms with Crippen LogP contribution in [0.4, 0.5) is 5.69 Å². The van der Waals surface area contributed by atoms with Crippen LogP contribution in [0.25, 0.3) is 0 Å². The van der Waals surface area contributed by atoms with Crippen molar-refractivity contribution < 1.29 is 19.1 Å². The lowest BCUT2D eigenvalue weighted by Gasteiger charge is -2.37. The van der Waals surface area contributed by atoms with Gasteiger partial charge in [-0.3, -0.25) is 14.6 Å². The third-order valence-corrected chi connectivity index (χ3v) is 6.39. The van der Waals surface area contributed by atoms with Gasteiger partial charge in [-0.05, 0) is 31.9 Å². The average Bonchev–Trinajstić information content (AvgIpc) is 3.39. The minimum absolute atomic E-state index is 0.00172. The molecule has 2 aliphatic heterocycles. The van der Waals surface area contributed by atoms with Crippen LogP contribution in [0.15, 0.2) is 36.7 Å². The molecule has 0 saturated carbocycles. The molecule has 2 aliphatic rings. The van der Waals surface area contributed by atoms with E-state index in [1.54, 1.807) is 18.2 Å². The largest absolute Gasteiger partial charge is 0.495 e. The maximum Gasteiger partial charge on any atom is 0.274 e. The highest BCUT2D eigenvalue weighted by atomic mass is 16.5. The van der Waals surface area contributed by atoms with Crippen molar-refractivity contribution in [1.82, 2.24) is 19.8 Å². The van der Waals surface area contributed by atoms with E-state index >= 15 is 0 Å². The highest BCUT2D eigenvalue weighted by Gasteiger charge is 2.27. The monoisotopic (exact) mass is 467 g/mol. The predicted molar refractivity (Wildman–Crippen MR) is 128 cm³/mol. The van der Waals surface area contributed by atoms with Crippen molar-refractivity contribution in [3.8, 4) is 5.75 Å². The Balaban J connectivity index is 1.34. The molecule has 1 unspecified atom stereocenters. The molecule has 0 radical (unpaired) electrons. The van der Waals surface area contributed by atoms with Gasteiger partial charge in [-0.1, -0.05) is 12.1 Å². The van der Waals surface area contributed by atoms with E-state index in [1.807, 2.05) is 36.1 Å². The molecule has 0 aliphatic carbocycles. The first-order valence-electron chi connectivity index (χ1n) is 11.9. The molecule has 1 atom stereocenters. The summed E-state index contributed by atoms with van der Waals surface area (Å²) in [6.07, 6.45) is 5.27. The van der Waals surface area contributed by atoms with E-state index in [0.29, 0.717) is 38.5 Å². The van der Waals surface area contributed by atoms with Crippen LogP contribution >= 0.6 is 0 Å². The van der Waals surface area contributed by atoms with Crippen LogP contribution in [0.1, 0.15) is 35.4 Å². The van der Waals surface area contributed by atoms with Gasteiger partial charge in [0.25, 0.3) is 5.91 Å². The van der Waals surface area contributed by atoms with Crippen molar-refractivity contribution in [3.63, 3.8) is 0 Å². The van der Waals surface area contributed by atoms with Gasteiger partial charge in [-0.2, -0.15) is 0 Å². The van der Waals surface area contributed by atoms with E-state index in [0.717, 1.165) is 43.1 Å². The van der Waals surface area contributed by atoms with Gasteiger partial charge < -0.3 is 24.2 Å². The fraction of sp³-hybridized carbons (Fsp3) is 0.520. The van der Waals surface area contributed by atoms with Crippen LogP contribution in [-0.4, -0.2) is 90.7 Å². The summed E-state index contributed by atoms with van der Waals surface area (Å²) in [4.78, 5) is 40.4. The predicted octanol–water partition coefficient (Wildman–Crippen LogP) is 2.15. The van der Waals surface area contributed by atoms with E-state index in [1.165, 1.54) is 6.20 Å². The van der Waals surface area contributed by atoms with Gasteiger partial charge in [0.2, 0.25) is 5.91 Å². The molecule has 4 rings (SSSR count). The zero-order valence-corrected chi connectivity index (χ0v) is 20.0. The molecular formula is C25H33N5O4. The number of rotatable bonds is 8. The van der Waals surface area contributed by atoms with Gasteiger partial charge in [0.15, 0.2) is 0 Å². The molecule has 2 amide bonds. The zero-order chi connectivity index (χ0) is 23.9. The number of piperazine rings is 1. The second-order valence-electron chi connectivity index (χ2n) is 8.72. The van der Waals surface area contributed by atoms with Crippen molar-refractivity contribution >= 4 is 17.5 Å². The molecular weight excluding hydrogens is 434 g/mol. The standard InChI is InChI=1S/C25H33N5O4/c1-19-16-27-21(17-26-19)25(32)30(18-20-6-5-15-34-20)10-9-24(31)29-13-11-28(12-14-29)22-7-3-4-8-23(22)33-2/h3-4,7-8,16-17,20H,5-6,9-15,18H2,1-2H3. The van der Waals surface area contributed by atoms with Gasteiger partial charge in [-0.25, -0.2) is 4.98 Å². The number of nitrogens with zero attached hydrogens (tertiary/aromatic N) is 5. The number of hydrogen-bond acceptors (Lipinski definition) is 7. The number of ether oxygens (including phenoxy) is 2. The van der Waals surface area contributed by atoms with Crippen LogP contribution in [0.2, 0.25) is 0 Å². The number of amides is 2. The molecule has 9 nitrogen and oxygen atoms in total. The maximum absolute atomic E-state index is 13.1. The number of benzene rings is 1. The van der Waals surface area contributed by atoms with Crippen molar-refractivity contribution in [2.24, 2.45) is 0 Å². The first-order chi connectivity index (χ1) is 16.5. The van der Waals surface area contributed by atoms with E-state index in [-0.39, 0.29) is 24.3 Å².